The highest BCUT2D eigenvalue weighted by atomic mass is 79.9. The molecule has 94 valence electrons. The first-order valence-electron chi connectivity index (χ1n) is 6.23. The summed E-state index contributed by atoms with van der Waals surface area (Å²) >= 11 is 5.34. The molecule has 1 unspecified atom stereocenters. The summed E-state index contributed by atoms with van der Waals surface area (Å²) in [5.41, 5.74) is 8.29. The Morgan fingerprint density at radius 1 is 1.44 bits per heavy atom. The largest absolute Gasteiger partial charge is 0.330 e. The molecule has 0 amide bonds. The first-order valence-corrected chi connectivity index (χ1v) is 7.84. The molecule has 0 radical (unpaired) electrons. The molecule has 2 N–H and O–H groups in total. The number of hydrogen-bond donors (Lipinski definition) is 1. The summed E-state index contributed by atoms with van der Waals surface area (Å²) in [6.45, 7) is 0.717. The Balaban J connectivity index is 2.02. The van der Waals surface area contributed by atoms with Crippen LogP contribution in [0.15, 0.2) is 28.7 Å². The highest BCUT2D eigenvalue weighted by molar-refractivity contribution is 9.10. The highest BCUT2D eigenvalue weighted by Crippen LogP contribution is 2.38. The predicted molar refractivity (Wildman–Crippen MR) is 80.0 cm³/mol. The van der Waals surface area contributed by atoms with Crippen molar-refractivity contribution in [3.63, 3.8) is 0 Å². The van der Waals surface area contributed by atoms with Crippen molar-refractivity contribution in [2.24, 2.45) is 5.73 Å². The second-order valence-electron chi connectivity index (χ2n) is 4.66. The molecule has 0 saturated heterocycles. The lowest BCUT2D eigenvalue weighted by Gasteiger charge is -2.18. The molecule has 1 heterocycles. The third kappa shape index (κ3) is 2.25. The molecular weight excluding hydrogens is 308 g/mol. The van der Waals surface area contributed by atoms with E-state index in [2.05, 4.69) is 34.1 Å². The molecule has 0 aliphatic heterocycles. The van der Waals surface area contributed by atoms with Gasteiger partial charge in [-0.2, -0.15) is 0 Å². The van der Waals surface area contributed by atoms with Gasteiger partial charge in [0.2, 0.25) is 0 Å². The fraction of sp³-hybridized carbons (Fsp3) is 0.357. The molecule has 18 heavy (non-hydrogen) atoms. The van der Waals surface area contributed by atoms with Gasteiger partial charge in [0.05, 0.1) is 5.69 Å². The van der Waals surface area contributed by atoms with Crippen molar-refractivity contribution in [3.8, 4) is 10.6 Å². The minimum Gasteiger partial charge on any atom is -0.330 e. The van der Waals surface area contributed by atoms with Crippen LogP contribution in [0, 0.1) is 0 Å². The van der Waals surface area contributed by atoms with Crippen LogP contribution in [0.3, 0.4) is 0 Å². The van der Waals surface area contributed by atoms with Crippen molar-refractivity contribution in [1.82, 2.24) is 4.98 Å². The molecule has 0 bridgehead atoms. The van der Waals surface area contributed by atoms with Crippen LogP contribution in [0.25, 0.3) is 10.6 Å². The summed E-state index contributed by atoms with van der Waals surface area (Å²) in [7, 11) is 0. The second-order valence-corrected chi connectivity index (χ2v) is 6.66. The molecule has 2 nitrogen and oxygen atoms in total. The number of rotatable bonds is 2. The Morgan fingerprint density at radius 3 is 3.11 bits per heavy atom. The van der Waals surface area contributed by atoms with Gasteiger partial charge < -0.3 is 5.73 Å². The SMILES string of the molecule is NCC1CCCc2sc(-c3cccc(Br)c3)nc21. The molecule has 0 saturated carbocycles. The van der Waals surface area contributed by atoms with Gasteiger partial charge in [0.15, 0.2) is 0 Å². The number of fused-ring (bicyclic) bond motifs is 1. The summed E-state index contributed by atoms with van der Waals surface area (Å²) in [5.74, 6) is 0.464. The van der Waals surface area contributed by atoms with E-state index in [9.17, 15) is 0 Å². The van der Waals surface area contributed by atoms with E-state index in [4.69, 9.17) is 10.7 Å². The van der Waals surface area contributed by atoms with Gasteiger partial charge in [0.25, 0.3) is 0 Å². The molecule has 1 atom stereocenters. The van der Waals surface area contributed by atoms with Gasteiger partial charge in [-0.1, -0.05) is 28.1 Å². The van der Waals surface area contributed by atoms with E-state index in [0.29, 0.717) is 12.5 Å². The standard InChI is InChI=1S/C14H15BrN2S/c15-11-5-1-3-9(7-11)14-17-13-10(8-16)4-2-6-12(13)18-14/h1,3,5,7,10H,2,4,6,8,16H2. The van der Waals surface area contributed by atoms with E-state index in [0.717, 1.165) is 15.9 Å². The smallest absolute Gasteiger partial charge is 0.123 e. The maximum Gasteiger partial charge on any atom is 0.123 e. The van der Waals surface area contributed by atoms with E-state index >= 15 is 0 Å². The fourth-order valence-corrected chi connectivity index (χ4v) is 4.07. The van der Waals surface area contributed by atoms with Crippen molar-refractivity contribution in [2.45, 2.75) is 25.2 Å². The molecular formula is C14H15BrN2S. The average Bonchev–Trinajstić information content (AvgIpc) is 2.82. The van der Waals surface area contributed by atoms with E-state index in [1.54, 1.807) is 0 Å². The number of benzene rings is 1. The van der Waals surface area contributed by atoms with Crippen LogP contribution in [0.2, 0.25) is 0 Å². The molecule has 1 aromatic heterocycles. The Hall–Kier alpha value is -0.710. The van der Waals surface area contributed by atoms with Gasteiger partial charge in [0.1, 0.15) is 5.01 Å². The van der Waals surface area contributed by atoms with Gasteiger partial charge >= 0.3 is 0 Å². The van der Waals surface area contributed by atoms with Gasteiger partial charge in [0, 0.05) is 27.4 Å². The number of hydrogen-bond acceptors (Lipinski definition) is 3. The zero-order valence-electron chi connectivity index (χ0n) is 10.0. The molecule has 2 aromatic rings. The summed E-state index contributed by atoms with van der Waals surface area (Å²) in [6.07, 6.45) is 3.59. The van der Waals surface area contributed by atoms with E-state index in [1.165, 1.54) is 29.0 Å². The predicted octanol–water partition coefficient (Wildman–Crippen LogP) is 3.95. The Bertz CT molecular complexity index is 565. The van der Waals surface area contributed by atoms with E-state index in [-0.39, 0.29) is 0 Å². The van der Waals surface area contributed by atoms with Crippen LogP contribution in [-0.4, -0.2) is 11.5 Å². The van der Waals surface area contributed by atoms with Crippen molar-refractivity contribution in [1.29, 1.82) is 0 Å². The zero-order chi connectivity index (χ0) is 12.5. The van der Waals surface area contributed by atoms with Crippen molar-refractivity contribution >= 4 is 27.3 Å². The number of nitrogens with zero attached hydrogens (tertiary/aromatic N) is 1. The number of halogens is 1. The Labute approximate surface area is 119 Å². The topological polar surface area (TPSA) is 38.9 Å². The molecule has 0 spiro atoms. The first-order chi connectivity index (χ1) is 8.78. The summed E-state index contributed by atoms with van der Waals surface area (Å²) in [4.78, 5) is 6.27. The van der Waals surface area contributed by atoms with Gasteiger partial charge in [-0.25, -0.2) is 4.98 Å². The normalized spacial score (nSPS) is 18.7. The maximum absolute atomic E-state index is 5.85. The van der Waals surface area contributed by atoms with E-state index < -0.39 is 0 Å². The van der Waals surface area contributed by atoms with Crippen LogP contribution < -0.4 is 5.73 Å². The molecule has 1 aliphatic rings. The number of nitrogens with two attached hydrogens (primary N) is 1. The Morgan fingerprint density at radius 2 is 2.33 bits per heavy atom. The van der Waals surface area contributed by atoms with Crippen LogP contribution >= 0.6 is 27.3 Å². The third-order valence-corrected chi connectivity index (χ3v) is 5.10. The summed E-state index contributed by atoms with van der Waals surface area (Å²) in [5, 5.41) is 1.13. The van der Waals surface area contributed by atoms with Gasteiger partial charge in [-0.3, -0.25) is 0 Å². The lowest BCUT2D eigenvalue weighted by molar-refractivity contribution is 0.554. The second kappa shape index (κ2) is 5.11. The lowest BCUT2D eigenvalue weighted by atomic mass is 9.91. The summed E-state index contributed by atoms with van der Waals surface area (Å²) < 4.78 is 1.10. The summed E-state index contributed by atoms with van der Waals surface area (Å²) in [6, 6.07) is 8.34. The van der Waals surface area contributed by atoms with E-state index in [1.807, 2.05) is 17.4 Å². The van der Waals surface area contributed by atoms with Crippen LogP contribution in [0.1, 0.15) is 29.3 Å². The molecule has 0 fully saturated rings. The highest BCUT2D eigenvalue weighted by Gasteiger charge is 2.23. The first kappa shape index (κ1) is 12.3. The third-order valence-electron chi connectivity index (χ3n) is 3.43. The minimum absolute atomic E-state index is 0.464. The number of aromatic nitrogens is 1. The molecule has 1 aromatic carbocycles. The average molecular weight is 323 g/mol. The van der Waals surface area contributed by atoms with Crippen LogP contribution in [0.5, 0.6) is 0 Å². The van der Waals surface area contributed by atoms with Crippen LogP contribution in [-0.2, 0) is 6.42 Å². The monoisotopic (exact) mass is 322 g/mol. The van der Waals surface area contributed by atoms with Gasteiger partial charge in [-0.15, -0.1) is 11.3 Å². The number of aryl methyl sites for hydroxylation is 1. The molecule has 1 aliphatic carbocycles. The lowest BCUT2D eigenvalue weighted by Crippen LogP contribution is -2.17. The number of thiazole rings is 1. The minimum atomic E-state index is 0.464. The van der Waals surface area contributed by atoms with Crippen LogP contribution in [0.4, 0.5) is 0 Å². The van der Waals surface area contributed by atoms with Crippen molar-refractivity contribution in [2.75, 3.05) is 6.54 Å². The zero-order valence-corrected chi connectivity index (χ0v) is 12.4. The van der Waals surface area contributed by atoms with Gasteiger partial charge in [-0.05, 0) is 31.4 Å². The van der Waals surface area contributed by atoms with Crippen molar-refractivity contribution in [3.05, 3.63) is 39.3 Å². The maximum atomic E-state index is 5.85. The molecule has 3 rings (SSSR count). The fourth-order valence-electron chi connectivity index (χ4n) is 2.48. The quantitative estimate of drug-likeness (QED) is 0.909. The Kier molecular flexibility index (Phi) is 3.50. The van der Waals surface area contributed by atoms with Crippen molar-refractivity contribution < 1.29 is 0 Å². The molecule has 4 heteroatoms.